The number of hydrogen-bond donors (Lipinski definition) is 1. The Morgan fingerprint density at radius 1 is 1.00 bits per heavy atom. The molecule has 1 amide bonds. The fourth-order valence-corrected chi connectivity index (χ4v) is 2.03. The molecule has 3 nitrogen and oxygen atoms in total. The predicted molar refractivity (Wildman–Crippen MR) is 77.6 cm³/mol. The van der Waals surface area contributed by atoms with E-state index in [-0.39, 0.29) is 5.91 Å². The summed E-state index contributed by atoms with van der Waals surface area (Å²) in [4.78, 5) is 11.6. The van der Waals surface area contributed by atoms with Gasteiger partial charge in [0.05, 0.1) is 0 Å². The molecule has 0 aliphatic heterocycles. The van der Waals surface area contributed by atoms with Crippen LogP contribution in [0.3, 0.4) is 0 Å². The van der Waals surface area contributed by atoms with Crippen LogP contribution in [-0.4, -0.2) is 12.5 Å². The first-order valence-corrected chi connectivity index (χ1v) is 7.53. The van der Waals surface area contributed by atoms with Crippen LogP contribution in [0, 0.1) is 0 Å². The third-order valence-electron chi connectivity index (χ3n) is 3.20. The molecule has 3 heteroatoms. The summed E-state index contributed by atoms with van der Waals surface area (Å²) < 4.78 is 2.16. The van der Waals surface area contributed by atoms with Crippen molar-refractivity contribution in [2.24, 2.45) is 0 Å². The maximum absolute atomic E-state index is 11.6. The Morgan fingerprint density at radius 3 is 2.53 bits per heavy atom. The van der Waals surface area contributed by atoms with Crippen LogP contribution < -0.4 is 9.88 Å². The molecule has 0 aliphatic carbocycles. The summed E-state index contributed by atoms with van der Waals surface area (Å²) in [6.07, 6.45) is 11.6. The molecule has 0 radical (unpaired) electrons. The van der Waals surface area contributed by atoms with Crippen molar-refractivity contribution in [1.82, 2.24) is 5.32 Å². The average molecular weight is 263 g/mol. The van der Waals surface area contributed by atoms with Crippen LogP contribution in [-0.2, 0) is 11.3 Å². The Bertz CT molecular complexity index is 338. The van der Waals surface area contributed by atoms with Gasteiger partial charge in [-0.15, -0.1) is 0 Å². The molecular weight excluding hydrogens is 236 g/mol. The minimum atomic E-state index is 0.203. The molecule has 1 heterocycles. The van der Waals surface area contributed by atoms with Gasteiger partial charge in [-0.05, 0) is 12.8 Å². The largest absolute Gasteiger partial charge is 0.356 e. The standard InChI is InChI=1S/C16H26N2O/c1-2-3-4-7-12-17-16(19)11-6-10-15-18-13-8-5-9-14-18/h5,8-9,13-14H,2-4,6-7,10-12,15H2,1H3/p+1. The van der Waals surface area contributed by atoms with Gasteiger partial charge in [0.2, 0.25) is 5.91 Å². The lowest BCUT2D eigenvalue weighted by Crippen LogP contribution is -2.32. The predicted octanol–water partition coefficient (Wildman–Crippen LogP) is 2.84. The zero-order valence-corrected chi connectivity index (χ0v) is 12.1. The molecular formula is C16H27N2O+. The molecule has 1 N–H and O–H groups in total. The van der Waals surface area contributed by atoms with Crippen LogP contribution >= 0.6 is 0 Å². The second-order valence-corrected chi connectivity index (χ2v) is 4.98. The molecule has 1 aromatic rings. The van der Waals surface area contributed by atoms with Gasteiger partial charge in [-0.1, -0.05) is 32.3 Å². The van der Waals surface area contributed by atoms with E-state index in [1.807, 2.05) is 18.2 Å². The number of amides is 1. The van der Waals surface area contributed by atoms with E-state index in [0.717, 1.165) is 32.4 Å². The summed E-state index contributed by atoms with van der Waals surface area (Å²) in [5.74, 6) is 0.203. The van der Waals surface area contributed by atoms with E-state index >= 15 is 0 Å². The molecule has 0 spiro atoms. The van der Waals surface area contributed by atoms with Crippen molar-refractivity contribution in [3.8, 4) is 0 Å². The van der Waals surface area contributed by atoms with Crippen molar-refractivity contribution in [1.29, 1.82) is 0 Å². The Labute approximate surface area is 117 Å². The first-order valence-electron chi connectivity index (χ1n) is 7.53. The Kier molecular flexibility index (Phi) is 8.69. The highest BCUT2D eigenvalue weighted by Gasteiger charge is 2.02. The summed E-state index contributed by atoms with van der Waals surface area (Å²) in [5, 5.41) is 2.99. The number of nitrogens with one attached hydrogen (secondary N) is 1. The SMILES string of the molecule is CCCCCCNC(=O)CCCC[n+]1ccccc1. The summed E-state index contributed by atoms with van der Waals surface area (Å²) in [6, 6.07) is 6.08. The minimum Gasteiger partial charge on any atom is -0.356 e. The number of carbonyl (C=O) groups is 1. The van der Waals surface area contributed by atoms with Gasteiger partial charge in [0.1, 0.15) is 6.54 Å². The van der Waals surface area contributed by atoms with E-state index in [0.29, 0.717) is 6.42 Å². The highest BCUT2D eigenvalue weighted by atomic mass is 16.1. The first-order chi connectivity index (χ1) is 9.33. The van der Waals surface area contributed by atoms with Crippen molar-refractivity contribution in [2.75, 3.05) is 6.54 Å². The fraction of sp³-hybridized carbons (Fsp3) is 0.625. The average Bonchev–Trinajstić information content (AvgIpc) is 2.44. The van der Waals surface area contributed by atoms with Gasteiger partial charge in [-0.3, -0.25) is 4.79 Å². The van der Waals surface area contributed by atoms with Gasteiger partial charge < -0.3 is 5.32 Å². The quantitative estimate of drug-likeness (QED) is 0.511. The van der Waals surface area contributed by atoms with Gasteiger partial charge >= 0.3 is 0 Å². The third kappa shape index (κ3) is 8.36. The minimum absolute atomic E-state index is 0.203. The molecule has 0 saturated carbocycles. The maximum Gasteiger partial charge on any atom is 0.219 e. The number of aromatic nitrogens is 1. The van der Waals surface area contributed by atoms with E-state index in [1.54, 1.807) is 0 Å². The first kappa shape index (κ1) is 15.7. The van der Waals surface area contributed by atoms with Crippen LogP contribution in [0.15, 0.2) is 30.6 Å². The van der Waals surface area contributed by atoms with Crippen LogP contribution in [0.2, 0.25) is 0 Å². The van der Waals surface area contributed by atoms with E-state index in [4.69, 9.17) is 0 Å². The van der Waals surface area contributed by atoms with Gasteiger partial charge in [0.25, 0.3) is 0 Å². The smallest absolute Gasteiger partial charge is 0.219 e. The van der Waals surface area contributed by atoms with E-state index < -0.39 is 0 Å². The summed E-state index contributed by atoms with van der Waals surface area (Å²) >= 11 is 0. The topological polar surface area (TPSA) is 33.0 Å². The second kappa shape index (κ2) is 10.5. The van der Waals surface area contributed by atoms with Gasteiger partial charge in [-0.2, -0.15) is 0 Å². The highest BCUT2D eigenvalue weighted by molar-refractivity contribution is 5.75. The maximum atomic E-state index is 11.6. The van der Waals surface area contributed by atoms with Crippen LogP contribution in [0.25, 0.3) is 0 Å². The monoisotopic (exact) mass is 263 g/mol. The molecule has 0 saturated heterocycles. The number of nitrogens with zero attached hydrogens (tertiary/aromatic N) is 1. The van der Waals surface area contributed by atoms with Gasteiger partial charge in [0.15, 0.2) is 12.4 Å². The van der Waals surface area contributed by atoms with E-state index in [2.05, 4.69) is 29.2 Å². The molecule has 0 fully saturated rings. The van der Waals surface area contributed by atoms with Gasteiger partial charge in [-0.25, -0.2) is 4.57 Å². The lowest BCUT2D eigenvalue weighted by atomic mass is 10.2. The summed E-state index contributed by atoms with van der Waals surface area (Å²) in [7, 11) is 0. The van der Waals surface area contributed by atoms with Crippen molar-refractivity contribution in [3.05, 3.63) is 30.6 Å². The zero-order valence-electron chi connectivity index (χ0n) is 12.1. The summed E-state index contributed by atoms with van der Waals surface area (Å²) in [6.45, 7) is 4.03. The number of pyridine rings is 1. The zero-order chi connectivity index (χ0) is 13.8. The molecule has 19 heavy (non-hydrogen) atoms. The van der Waals surface area contributed by atoms with Crippen LogP contribution in [0.5, 0.6) is 0 Å². The Morgan fingerprint density at radius 2 is 1.79 bits per heavy atom. The lowest BCUT2D eigenvalue weighted by Gasteiger charge is -2.04. The number of rotatable bonds is 10. The van der Waals surface area contributed by atoms with Crippen LogP contribution in [0.4, 0.5) is 0 Å². The molecule has 0 atom stereocenters. The van der Waals surface area contributed by atoms with Crippen molar-refractivity contribution in [3.63, 3.8) is 0 Å². The fourth-order valence-electron chi connectivity index (χ4n) is 2.03. The number of unbranched alkanes of at least 4 members (excludes halogenated alkanes) is 4. The lowest BCUT2D eigenvalue weighted by molar-refractivity contribution is -0.697. The molecule has 1 rings (SSSR count). The number of carbonyl (C=O) groups excluding carboxylic acids is 1. The van der Waals surface area contributed by atoms with Gasteiger partial charge in [0, 0.05) is 31.5 Å². The van der Waals surface area contributed by atoms with Crippen molar-refractivity contribution < 1.29 is 9.36 Å². The molecule has 0 aliphatic rings. The normalized spacial score (nSPS) is 10.4. The Balaban J connectivity index is 1.95. The molecule has 0 aromatic carbocycles. The third-order valence-corrected chi connectivity index (χ3v) is 3.20. The van der Waals surface area contributed by atoms with Crippen molar-refractivity contribution >= 4 is 5.91 Å². The molecule has 106 valence electrons. The molecule has 1 aromatic heterocycles. The number of aryl methyl sites for hydroxylation is 1. The highest BCUT2D eigenvalue weighted by Crippen LogP contribution is 1.98. The molecule has 0 bridgehead atoms. The van der Waals surface area contributed by atoms with Crippen molar-refractivity contribution in [2.45, 2.75) is 58.4 Å². The second-order valence-electron chi connectivity index (χ2n) is 4.98. The number of hydrogen-bond acceptors (Lipinski definition) is 1. The van der Waals surface area contributed by atoms with E-state index in [1.165, 1.54) is 19.3 Å². The summed E-state index contributed by atoms with van der Waals surface area (Å²) in [5.41, 5.74) is 0. The Hall–Kier alpha value is -1.38. The molecule has 0 unspecified atom stereocenters. The van der Waals surface area contributed by atoms with E-state index in [9.17, 15) is 4.79 Å². The van der Waals surface area contributed by atoms with Crippen LogP contribution in [0.1, 0.15) is 51.9 Å².